The predicted octanol–water partition coefficient (Wildman–Crippen LogP) is 7.26. The first-order chi connectivity index (χ1) is 16.0. The molecule has 0 aliphatic carbocycles. The first-order valence-electron chi connectivity index (χ1n) is 11.1. The summed E-state index contributed by atoms with van der Waals surface area (Å²) in [6.07, 6.45) is 8.05. The average molecular weight is 496 g/mol. The maximum absolute atomic E-state index is 4.62. The molecule has 0 atom stereocenters. The molecular weight excluding hydrogens is 470 g/mol. The molecule has 0 radical (unpaired) electrons. The van der Waals surface area contributed by atoms with E-state index in [0.717, 1.165) is 44.8 Å². The Labute approximate surface area is 212 Å². The normalized spacial score (nSPS) is 11.5. The van der Waals surface area contributed by atoms with Gasteiger partial charge in [-0.2, -0.15) is 0 Å². The van der Waals surface area contributed by atoms with E-state index in [1.54, 1.807) is 0 Å². The second kappa shape index (κ2) is 10.2. The standard InChI is InChI=1S/C20H14N4.C9H12.Zn/c1-2-14-10-16-5-6-18(23-16)12-20-8-7-19(24-20)11-17-4-3-15(22-17)9-13(1)21-14;1-7-5-4-6-8(2)9(7)3;/h1-12,21-22H;4-6H,1-3H3;. The molecule has 3 aromatic heterocycles. The number of aromatic amines is 2. The fraction of sp³-hybridized carbons (Fsp3) is 0.103. The van der Waals surface area contributed by atoms with Gasteiger partial charge in [0.05, 0.1) is 22.8 Å². The van der Waals surface area contributed by atoms with Crippen molar-refractivity contribution in [1.82, 2.24) is 19.9 Å². The zero-order valence-electron chi connectivity index (χ0n) is 19.8. The van der Waals surface area contributed by atoms with Crippen LogP contribution in [0.4, 0.5) is 0 Å². The minimum Gasteiger partial charge on any atom is -0.355 e. The number of nitrogens with one attached hydrogen (secondary N) is 2. The average Bonchev–Trinajstić information content (AvgIpc) is 3.58. The summed E-state index contributed by atoms with van der Waals surface area (Å²) in [5.41, 5.74) is 12.0. The number of H-pyrrole nitrogens is 2. The van der Waals surface area contributed by atoms with Crippen LogP contribution in [0, 0.1) is 20.8 Å². The summed E-state index contributed by atoms with van der Waals surface area (Å²) in [5.74, 6) is 0. The smallest absolute Gasteiger partial charge is 0.0659 e. The van der Waals surface area contributed by atoms with Crippen LogP contribution in [0.15, 0.2) is 66.7 Å². The number of aryl methyl sites for hydroxylation is 2. The van der Waals surface area contributed by atoms with Crippen LogP contribution >= 0.6 is 0 Å². The Morgan fingerprint density at radius 3 is 1.29 bits per heavy atom. The van der Waals surface area contributed by atoms with Crippen molar-refractivity contribution < 1.29 is 19.5 Å². The summed E-state index contributed by atoms with van der Waals surface area (Å²) >= 11 is 0. The largest absolute Gasteiger partial charge is 0.355 e. The van der Waals surface area contributed by atoms with Crippen molar-refractivity contribution in [2.24, 2.45) is 0 Å². The van der Waals surface area contributed by atoms with E-state index < -0.39 is 0 Å². The van der Waals surface area contributed by atoms with Crippen molar-refractivity contribution in [3.63, 3.8) is 0 Å². The Kier molecular flexibility index (Phi) is 7.04. The van der Waals surface area contributed by atoms with Crippen LogP contribution in [0.25, 0.3) is 46.4 Å². The molecule has 34 heavy (non-hydrogen) atoms. The first-order valence-corrected chi connectivity index (χ1v) is 11.1. The van der Waals surface area contributed by atoms with Crippen LogP contribution in [0.2, 0.25) is 0 Å². The molecular formula is C29H26N4Zn. The van der Waals surface area contributed by atoms with Gasteiger partial charge in [0.1, 0.15) is 0 Å². The molecule has 2 N–H and O–H groups in total. The summed E-state index contributed by atoms with van der Waals surface area (Å²) in [6, 6.07) is 22.8. The molecule has 1 aromatic carbocycles. The SMILES string of the molecule is C1=Cc2cc3ccc(cc4ccc(cc5nc(cc1n2)C=C5)[nH]4)[nH]3.Cc1cccc(C)c1C.[Zn]. The van der Waals surface area contributed by atoms with E-state index >= 15 is 0 Å². The molecule has 0 saturated heterocycles. The van der Waals surface area contributed by atoms with Gasteiger partial charge in [-0.15, -0.1) is 0 Å². The van der Waals surface area contributed by atoms with Crippen molar-refractivity contribution in [1.29, 1.82) is 0 Å². The van der Waals surface area contributed by atoms with Crippen LogP contribution in [-0.2, 0) is 19.5 Å². The van der Waals surface area contributed by atoms with Gasteiger partial charge in [0.2, 0.25) is 0 Å². The van der Waals surface area contributed by atoms with Crippen LogP contribution in [-0.4, -0.2) is 19.9 Å². The molecule has 5 heteroatoms. The van der Waals surface area contributed by atoms with Crippen molar-refractivity contribution >= 4 is 46.4 Å². The van der Waals surface area contributed by atoms with Gasteiger partial charge in [0, 0.05) is 41.5 Å². The molecule has 164 valence electrons. The van der Waals surface area contributed by atoms with E-state index in [9.17, 15) is 0 Å². The number of benzene rings is 1. The third-order valence-electron chi connectivity index (χ3n) is 5.92. The topological polar surface area (TPSA) is 57.4 Å². The summed E-state index contributed by atoms with van der Waals surface area (Å²) in [6.45, 7) is 6.44. The quantitative estimate of drug-likeness (QED) is 0.218. The summed E-state index contributed by atoms with van der Waals surface area (Å²) in [4.78, 5) is 16.0. The predicted molar refractivity (Wildman–Crippen MR) is 140 cm³/mol. The van der Waals surface area contributed by atoms with Crippen molar-refractivity contribution in [2.45, 2.75) is 20.8 Å². The van der Waals surface area contributed by atoms with Gasteiger partial charge in [0.25, 0.3) is 0 Å². The maximum Gasteiger partial charge on any atom is 0.0659 e. The van der Waals surface area contributed by atoms with E-state index in [1.165, 1.54) is 16.7 Å². The number of aromatic nitrogens is 4. The van der Waals surface area contributed by atoms with E-state index in [-0.39, 0.29) is 19.5 Å². The fourth-order valence-corrected chi connectivity index (χ4v) is 3.84. The summed E-state index contributed by atoms with van der Waals surface area (Å²) < 4.78 is 0. The third-order valence-corrected chi connectivity index (χ3v) is 5.92. The molecule has 0 spiro atoms. The zero-order valence-corrected chi connectivity index (χ0v) is 22.7. The van der Waals surface area contributed by atoms with Gasteiger partial charge >= 0.3 is 0 Å². The minimum absolute atomic E-state index is 0. The van der Waals surface area contributed by atoms with Crippen LogP contribution in [0.3, 0.4) is 0 Å². The molecule has 6 rings (SSSR count). The monoisotopic (exact) mass is 494 g/mol. The first kappa shape index (κ1) is 23.6. The zero-order chi connectivity index (χ0) is 22.8. The number of hydrogen-bond donors (Lipinski definition) is 2. The van der Waals surface area contributed by atoms with Gasteiger partial charge < -0.3 is 9.97 Å². The Bertz CT molecular complexity index is 1440. The van der Waals surface area contributed by atoms with Gasteiger partial charge in [-0.25, -0.2) is 9.97 Å². The Morgan fingerprint density at radius 2 is 0.882 bits per heavy atom. The Morgan fingerprint density at radius 1 is 0.500 bits per heavy atom. The second-order valence-electron chi connectivity index (χ2n) is 8.42. The van der Waals surface area contributed by atoms with E-state index in [1.807, 2.05) is 42.5 Å². The molecule has 0 fully saturated rings. The molecule has 4 aromatic rings. The Balaban J connectivity index is 0.000000234. The van der Waals surface area contributed by atoms with Crippen LogP contribution < -0.4 is 0 Å². The number of fused-ring (bicyclic) bond motifs is 8. The van der Waals surface area contributed by atoms with E-state index in [4.69, 9.17) is 0 Å². The van der Waals surface area contributed by atoms with E-state index in [2.05, 4.69) is 89.2 Å². The van der Waals surface area contributed by atoms with Gasteiger partial charge in [-0.3, -0.25) is 0 Å². The number of nitrogens with zero attached hydrogens (tertiary/aromatic N) is 2. The van der Waals surface area contributed by atoms with Crippen LogP contribution in [0.5, 0.6) is 0 Å². The molecule has 4 nitrogen and oxygen atoms in total. The van der Waals surface area contributed by atoms with Crippen molar-refractivity contribution in [2.75, 3.05) is 0 Å². The number of rotatable bonds is 0. The molecule has 0 amide bonds. The fourth-order valence-electron chi connectivity index (χ4n) is 3.84. The number of hydrogen-bond acceptors (Lipinski definition) is 2. The van der Waals surface area contributed by atoms with Gasteiger partial charge in [-0.05, 0) is 110 Å². The van der Waals surface area contributed by atoms with Crippen molar-refractivity contribution in [3.8, 4) is 0 Å². The molecule has 5 heterocycles. The summed E-state index contributed by atoms with van der Waals surface area (Å²) in [7, 11) is 0. The van der Waals surface area contributed by atoms with Gasteiger partial charge in [-0.1, -0.05) is 18.2 Å². The minimum atomic E-state index is 0. The Hall–Kier alpha value is -3.56. The molecule has 0 saturated carbocycles. The van der Waals surface area contributed by atoms with Gasteiger partial charge in [0.15, 0.2) is 0 Å². The van der Waals surface area contributed by atoms with Crippen LogP contribution in [0.1, 0.15) is 39.5 Å². The maximum atomic E-state index is 4.62. The molecule has 2 aliphatic rings. The molecule has 0 unspecified atom stereocenters. The molecule has 2 aliphatic heterocycles. The second-order valence-corrected chi connectivity index (χ2v) is 8.42. The van der Waals surface area contributed by atoms with Crippen molar-refractivity contribution in [3.05, 3.63) is 106 Å². The molecule has 8 bridgehead atoms. The van der Waals surface area contributed by atoms with E-state index in [0.29, 0.717) is 0 Å². The third kappa shape index (κ3) is 5.49. The summed E-state index contributed by atoms with van der Waals surface area (Å²) in [5, 5.41) is 0.